The first-order chi connectivity index (χ1) is 18.3. The molecule has 0 fully saturated rings. The third-order valence-electron chi connectivity index (χ3n) is 6.55. The zero-order valence-electron chi connectivity index (χ0n) is 20.3. The molecule has 3 aromatic carbocycles. The molecule has 5 rings (SSSR count). The first kappa shape index (κ1) is 25.2. The number of aromatic nitrogens is 1. The van der Waals surface area contributed by atoms with Crippen molar-refractivity contribution in [2.45, 2.75) is 25.4 Å². The van der Waals surface area contributed by atoms with Crippen molar-refractivity contribution in [2.75, 3.05) is 16.8 Å². The molecule has 0 saturated carbocycles. The van der Waals surface area contributed by atoms with Gasteiger partial charge in [-0.3, -0.25) is 14.6 Å². The van der Waals surface area contributed by atoms with E-state index in [9.17, 15) is 22.8 Å². The highest BCUT2D eigenvalue weighted by molar-refractivity contribution is 6.09. The Morgan fingerprint density at radius 2 is 1.68 bits per heavy atom. The Morgan fingerprint density at radius 3 is 2.42 bits per heavy atom. The zero-order chi connectivity index (χ0) is 26.7. The standard InChI is InChI=1S/C30H24F3N3O2/c31-30(32,33)22-10-8-20(9-11-22)25-6-1-2-7-26(25)29(38)35-24-12-14-27-21(19-24)16-18-36(27)28(37)15-13-23-5-3-4-17-34-23/h1-12,14,17,19H,13,15-16,18H2,(H,35,38). The molecule has 1 aromatic heterocycles. The van der Waals surface area contributed by atoms with Gasteiger partial charge in [0, 0.05) is 41.8 Å². The van der Waals surface area contributed by atoms with E-state index in [1.165, 1.54) is 12.1 Å². The molecule has 0 bridgehead atoms. The number of nitrogens with zero attached hydrogens (tertiary/aromatic N) is 2. The van der Waals surface area contributed by atoms with Crippen LogP contribution in [0, 0.1) is 0 Å². The van der Waals surface area contributed by atoms with Gasteiger partial charge < -0.3 is 10.2 Å². The lowest BCUT2D eigenvalue weighted by atomic mass is 9.98. The summed E-state index contributed by atoms with van der Waals surface area (Å²) in [6.45, 7) is 0.574. The summed E-state index contributed by atoms with van der Waals surface area (Å²) >= 11 is 0. The predicted molar refractivity (Wildman–Crippen MR) is 140 cm³/mol. The maximum Gasteiger partial charge on any atom is 0.416 e. The minimum atomic E-state index is -4.43. The fourth-order valence-electron chi connectivity index (χ4n) is 4.62. The van der Waals surface area contributed by atoms with E-state index in [1.807, 2.05) is 30.3 Å². The Kier molecular flexibility index (Phi) is 6.96. The highest BCUT2D eigenvalue weighted by Gasteiger charge is 2.30. The smallest absolute Gasteiger partial charge is 0.322 e. The number of pyridine rings is 1. The van der Waals surface area contributed by atoms with Crippen LogP contribution in [0.3, 0.4) is 0 Å². The predicted octanol–water partition coefficient (Wildman–Crippen LogP) is 6.54. The van der Waals surface area contributed by atoms with E-state index < -0.39 is 11.7 Å². The quantitative estimate of drug-likeness (QED) is 0.317. The first-order valence-electron chi connectivity index (χ1n) is 12.2. The Balaban J connectivity index is 1.29. The lowest BCUT2D eigenvalue weighted by Crippen LogP contribution is -2.29. The Bertz CT molecular complexity index is 1470. The summed E-state index contributed by atoms with van der Waals surface area (Å²) in [5.41, 5.74) is 3.89. The molecule has 4 aromatic rings. The molecule has 1 aliphatic rings. The number of hydrogen-bond acceptors (Lipinski definition) is 3. The van der Waals surface area contributed by atoms with Gasteiger partial charge in [0.2, 0.25) is 5.91 Å². The summed E-state index contributed by atoms with van der Waals surface area (Å²) in [4.78, 5) is 32.0. The van der Waals surface area contributed by atoms with Crippen LogP contribution in [0.25, 0.3) is 11.1 Å². The molecule has 8 heteroatoms. The van der Waals surface area contributed by atoms with Gasteiger partial charge in [-0.25, -0.2) is 0 Å². The van der Waals surface area contributed by atoms with Crippen molar-refractivity contribution in [1.82, 2.24) is 4.98 Å². The number of hydrogen-bond donors (Lipinski definition) is 1. The van der Waals surface area contributed by atoms with Gasteiger partial charge in [0.05, 0.1) is 5.56 Å². The number of nitrogens with one attached hydrogen (secondary N) is 1. The van der Waals surface area contributed by atoms with Crippen LogP contribution in [0.2, 0.25) is 0 Å². The van der Waals surface area contributed by atoms with Crippen molar-refractivity contribution in [1.29, 1.82) is 0 Å². The number of fused-ring (bicyclic) bond motifs is 1. The van der Waals surface area contributed by atoms with Crippen LogP contribution in [0.5, 0.6) is 0 Å². The molecular formula is C30H24F3N3O2. The maximum absolute atomic E-state index is 13.2. The molecule has 0 radical (unpaired) electrons. The number of alkyl halides is 3. The monoisotopic (exact) mass is 515 g/mol. The second-order valence-corrected chi connectivity index (χ2v) is 9.03. The average Bonchev–Trinajstić information content (AvgIpc) is 3.35. The van der Waals surface area contributed by atoms with Crippen LogP contribution >= 0.6 is 0 Å². The lowest BCUT2D eigenvalue weighted by Gasteiger charge is -2.18. The third-order valence-corrected chi connectivity index (χ3v) is 6.55. The molecule has 1 aliphatic heterocycles. The number of aryl methyl sites for hydroxylation is 1. The lowest BCUT2D eigenvalue weighted by molar-refractivity contribution is -0.137. The van der Waals surface area contributed by atoms with Gasteiger partial charge in [-0.1, -0.05) is 36.4 Å². The molecule has 0 atom stereocenters. The number of carbonyl (C=O) groups excluding carboxylic acids is 2. The molecule has 0 aliphatic carbocycles. The van der Waals surface area contributed by atoms with Gasteiger partial charge in [0.25, 0.3) is 5.91 Å². The van der Waals surface area contributed by atoms with E-state index >= 15 is 0 Å². The minimum absolute atomic E-state index is 0.0247. The molecule has 0 saturated heterocycles. The van der Waals surface area contributed by atoms with Crippen LogP contribution in [0.4, 0.5) is 24.5 Å². The molecule has 192 valence electrons. The van der Waals surface area contributed by atoms with Crippen molar-refractivity contribution in [2.24, 2.45) is 0 Å². The van der Waals surface area contributed by atoms with Gasteiger partial charge in [-0.15, -0.1) is 0 Å². The van der Waals surface area contributed by atoms with Gasteiger partial charge >= 0.3 is 6.18 Å². The summed E-state index contributed by atoms with van der Waals surface area (Å²) in [6.07, 6.45) is -1.12. The summed E-state index contributed by atoms with van der Waals surface area (Å²) in [5.74, 6) is -0.349. The van der Waals surface area contributed by atoms with Crippen molar-refractivity contribution in [3.63, 3.8) is 0 Å². The van der Waals surface area contributed by atoms with E-state index in [2.05, 4.69) is 10.3 Å². The maximum atomic E-state index is 13.2. The molecule has 0 unspecified atom stereocenters. The Morgan fingerprint density at radius 1 is 0.921 bits per heavy atom. The Hall–Kier alpha value is -4.46. The number of benzene rings is 3. The van der Waals surface area contributed by atoms with E-state index in [-0.39, 0.29) is 11.8 Å². The van der Waals surface area contributed by atoms with Gasteiger partial charge in [-0.2, -0.15) is 13.2 Å². The molecule has 5 nitrogen and oxygen atoms in total. The summed E-state index contributed by atoms with van der Waals surface area (Å²) in [6, 6.07) is 22.6. The van der Waals surface area contributed by atoms with Crippen LogP contribution in [0.15, 0.2) is 91.1 Å². The number of anilines is 2. The SMILES string of the molecule is O=C(Nc1ccc2c(c1)CCN2C(=O)CCc1ccccn1)c1ccccc1-c1ccc(C(F)(F)F)cc1. The molecule has 1 N–H and O–H groups in total. The topological polar surface area (TPSA) is 62.3 Å². The van der Waals surface area contributed by atoms with E-state index in [1.54, 1.807) is 41.4 Å². The Labute approximate surface area is 218 Å². The van der Waals surface area contributed by atoms with Crippen LogP contribution < -0.4 is 10.2 Å². The third kappa shape index (κ3) is 5.44. The summed E-state index contributed by atoms with van der Waals surface area (Å²) in [7, 11) is 0. The molecule has 0 spiro atoms. The molecule has 2 amide bonds. The summed E-state index contributed by atoms with van der Waals surface area (Å²) in [5, 5.41) is 2.89. The van der Waals surface area contributed by atoms with E-state index in [0.717, 1.165) is 29.1 Å². The van der Waals surface area contributed by atoms with E-state index in [0.29, 0.717) is 48.2 Å². The fourth-order valence-corrected chi connectivity index (χ4v) is 4.62. The number of carbonyl (C=O) groups is 2. The van der Waals surface area contributed by atoms with Crippen molar-refractivity contribution in [3.05, 3.63) is 114 Å². The normalized spacial score (nSPS) is 12.8. The van der Waals surface area contributed by atoms with Crippen molar-refractivity contribution < 1.29 is 22.8 Å². The molecule has 38 heavy (non-hydrogen) atoms. The largest absolute Gasteiger partial charge is 0.416 e. The number of rotatable bonds is 6. The zero-order valence-corrected chi connectivity index (χ0v) is 20.3. The fraction of sp³-hybridized carbons (Fsp3) is 0.167. The number of amides is 2. The van der Waals surface area contributed by atoms with Crippen molar-refractivity contribution in [3.8, 4) is 11.1 Å². The number of halogens is 3. The van der Waals surface area contributed by atoms with Gasteiger partial charge in [0.1, 0.15) is 0 Å². The van der Waals surface area contributed by atoms with Crippen LogP contribution in [-0.2, 0) is 23.8 Å². The van der Waals surface area contributed by atoms with Gasteiger partial charge in [0.15, 0.2) is 0 Å². The van der Waals surface area contributed by atoms with E-state index in [4.69, 9.17) is 0 Å². The summed E-state index contributed by atoms with van der Waals surface area (Å²) < 4.78 is 38.9. The molecule has 2 heterocycles. The van der Waals surface area contributed by atoms with Crippen LogP contribution in [-0.4, -0.2) is 23.3 Å². The van der Waals surface area contributed by atoms with Crippen LogP contribution in [0.1, 0.15) is 33.6 Å². The first-order valence-corrected chi connectivity index (χ1v) is 12.2. The van der Waals surface area contributed by atoms with Crippen molar-refractivity contribution >= 4 is 23.2 Å². The highest BCUT2D eigenvalue weighted by atomic mass is 19.4. The van der Waals surface area contributed by atoms with Gasteiger partial charge in [-0.05, 0) is 78.1 Å². The minimum Gasteiger partial charge on any atom is -0.322 e. The second kappa shape index (κ2) is 10.5. The highest BCUT2D eigenvalue weighted by Crippen LogP contribution is 2.33. The molecular weight excluding hydrogens is 491 g/mol. The second-order valence-electron chi connectivity index (χ2n) is 9.03. The average molecular weight is 516 g/mol.